The minimum Gasteiger partial charge on any atom is -0.286 e. The Morgan fingerprint density at radius 3 is 1.33 bits per heavy atom. The van der Waals surface area contributed by atoms with Crippen molar-refractivity contribution < 1.29 is 25.9 Å². The van der Waals surface area contributed by atoms with Crippen LogP contribution in [0.3, 0.4) is 0 Å². The molecule has 0 saturated heterocycles. The van der Waals surface area contributed by atoms with Crippen LogP contribution in [0.25, 0.3) is 0 Å². The lowest BCUT2D eigenvalue weighted by Crippen LogP contribution is -2.02. The molecule has 0 amide bonds. The van der Waals surface area contributed by atoms with Crippen LogP contribution in [0.4, 0.5) is 0 Å². The summed E-state index contributed by atoms with van der Waals surface area (Å²) in [5.41, 5.74) is -0.449. The average molecular weight is 300 g/mol. The third-order valence-electron chi connectivity index (χ3n) is 0.653. The summed E-state index contributed by atoms with van der Waals surface area (Å²) in [6, 6.07) is 3.29. The monoisotopic (exact) mass is 300 g/mol. The molecule has 1 aromatic heterocycles. The number of hydrogen-bond acceptors (Lipinski definition) is 7. The zero-order valence-electron chi connectivity index (χ0n) is 9.46. The Morgan fingerprint density at radius 1 is 0.889 bits per heavy atom. The summed E-state index contributed by atoms with van der Waals surface area (Å²) in [6.07, 6.45) is 4.25. The van der Waals surface area contributed by atoms with Gasteiger partial charge in [0, 0.05) is 12.4 Å². The Balaban J connectivity index is 0. The third-order valence-corrected chi connectivity index (χ3v) is 0.653. The van der Waals surface area contributed by atoms with E-state index in [1.165, 1.54) is 12.4 Å². The largest absolute Gasteiger partial charge is 0.366 e. The first-order chi connectivity index (χ1) is 7.89. The first kappa shape index (κ1) is 18.9. The summed E-state index contributed by atoms with van der Waals surface area (Å²) in [7, 11) is -7.33. The summed E-state index contributed by atoms with van der Waals surface area (Å²) >= 11 is 0. The van der Waals surface area contributed by atoms with E-state index in [1.54, 1.807) is 12.1 Å². The van der Waals surface area contributed by atoms with E-state index in [9.17, 15) is 21.6 Å². The van der Waals surface area contributed by atoms with E-state index in [0.717, 1.165) is 0 Å². The molecule has 1 aromatic rings. The summed E-state index contributed by atoms with van der Waals surface area (Å²) in [4.78, 5) is 17.0. The fourth-order valence-corrected chi connectivity index (χ4v) is 0.346. The highest BCUT2D eigenvalue weighted by atomic mass is 32.2. The summed E-state index contributed by atoms with van der Waals surface area (Å²) in [5, 5.41) is 0. The van der Waals surface area contributed by atoms with Crippen LogP contribution in [0.15, 0.2) is 29.3 Å². The zero-order chi connectivity index (χ0) is 14.8. The Morgan fingerprint density at radius 2 is 1.11 bits per heavy atom. The molecule has 0 radical (unpaired) electrons. The average Bonchev–Trinajstić information content (AvgIpc) is 2.25. The van der Waals surface area contributed by atoms with Gasteiger partial charge in [0.25, 0.3) is 20.2 Å². The van der Waals surface area contributed by atoms with Gasteiger partial charge in [-0.25, -0.2) is 14.8 Å². The maximum Gasteiger partial charge on any atom is 0.366 e. The van der Waals surface area contributed by atoms with Crippen LogP contribution in [0, 0.1) is 0 Å². The van der Waals surface area contributed by atoms with Gasteiger partial charge in [-0.2, -0.15) is 16.8 Å². The van der Waals surface area contributed by atoms with Gasteiger partial charge < -0.3 is 0 Å². The molecule has 0 bridgehead atoms. The molecule has 0 aliphatic carbocycles. The molecular formula is C7H12N2O7S2. The maximum atomic E-state index is 10.2. The van der Waals surface area contributed by atoms with Crippen LogP contribution in [0.1, 0.15) is 0 Å². The predicted octanol–water partition coefficient (Wildman–Crippen LogP) is -1.16. The highest BCUT2D eigenvalue weighted by Gasteiger charge is 1.82. The second-order valence-electron chi connectivity index (χ2n) is 2.69. The molecule has 0 aliphatic rings. The number of rotatable bonds is 0. The van der Waals surface area contributed by atoms with Gasteiger partial charge in [-0.3, -0.25) is 9.11 Å². The van der Waals surface area contributed by atoms with Crippen LogP contribution in [-0.2, 0) is 20.2 Å². The van der Waals surface area contributed by atoms with Gasteiger partial charge in [0.1, 0.15) is 0 Å². The molecule has 0 spiro atoms. The van der Waals surface area contributed by atoms with E-state index in [-0.39, 0.29) is 0 Å². The topological polar surface area (TPSA) is 152 Å². The van der Waals surface area contributed by atoms with E-state index in [1.807, 2.05) is 0 Å². The zero-order valence-corrected chi connectivity index (χ0v) is 11.1. The molecule has 2 N–H and O–H groups in total. The lowest BCUT2D eigenvalue weighted by molar-refractivity contribution is 0.488. The van der Waals surface area contributed by atoms with Crippen LogP contribution in [-0.4, -0.2) is 48.4 Å². The number of nitrogens with zero attached hydrogens (tertiary/aromatic N) is 2. The second kappa shape index (κ2) is 8.63. The summed E-state index contributed by atoms with van der Waals surface area (Å²) < 4.78 is 51.7. The summed E-state index contributed by atoms with van der Waals surface area (Å²) in [5.74, 6) is 0. The second-order valence-corrected chi connectivity index (χ2v) is 5.62. The highest BCUT2D eigenvalue weighted by molar-refractivity contribution is 7.85. The molecule has 9 nitrogen and oxygen atoms in total. The third kappa shape index (κ3) is 46.8. The fraction of sp³-hybridized carbons (Fsp3) is 0.286. The Bertz CT molecular complexity index is 529. The molecule has 0 aliphatic heterocycles. The van der Waals surface area contributed by atoms with Crippen molar-refractivity contribution in [2.75, 3.05) is 12.5 Å². The Hall–Kier alpha value is -1.43. The van der Waals surface area contributed by atoms with Crippen molar-refractivity contribution in [2.45, 2.75) is 0 Å². The van der Waals surface area contributed by atoms with Crippen LogP contribution in [0.5, 0.6) is 0 Å². The molecule has 18 heavy (non-hydrogen) atoms. The van der Waals surface area contributed by atoms with Gasteiger partial charge >= 0.3 is 5.69 Å². The van der Waals surface area contributed by atoms with Crippen LogP contribution < -0.4 is 5.69 Å². The van der Waals surface area contributed by atoms with Crippen LogP contribution >= 0.6 is 0 Å². The van der Waals surface area contributed by atoms with Crippen molar-refractivity contribution in [1.82, 2.24) is 9.97 Å². The Kier molecular flexibility index (Phi) is 9.07. The number of hydrogen-bond donors (Lipinski definition) is 2. The molecule has 104 valence electrons. The van der Waals surface area contributed by atoms with Crippen LogP contribution in [0.2, 0.25) is 0 Å². The van der Waals surface area contributed by atoms with Gasteiger partial charge in [0.05, 0.1) is 12.5 Å². The molecule has 0 saturated carbocycles. The number of aromatic nitrogens is 2. The molecule has 0 aromatic carbocycles. The maximum absolute atomic E-state index is 10.2. The van der Waals surface area contributed by atoms with E-state index in [4.69, 9.17) is 9.11 Å². The van der Waals surface area contributed by atoms with E-state index >= 15 is 0 Å². The predicted molar refractivity (Wildman–Crippen MR) is 63.2 cm³/mol. The molecule has 0 fully saturated rings. The molecule has 0 unspecified atom stereocenters. The quantitative estimate of drug-likeness (QED) is 0.565. The fourth-order valence-electron chi connectivity index (χ4n) is 0.346. The molecule has 1 rings (SSSR count). The molecule has 0 atom stereocenters. The lowest BCUT2D eigenvalue weighted by atomic mass is 10.6. The van der Waals surface area contributed by atoms with E-state index < -0.39 is 25.9 Å². The Labute approximate surface area is 104 Å². The molecule has 1 heterocycles. The van der Waals surface area contributed by atoms with Gasteiger partial charge in [-0.05, 0) is 12.1 Å². The SMILES string of the molecule is CS(=O)(=O)O.CS(=O)(=O)O.O=c1nccccn1. The van der Waals surface area contributed by atoms with E-state index in [2.05, 4.69) is 9.97 Å². The standard InChI is InChI=1S/C5H4N2O.2CH4O3S/c8-5-6-3-1-2-4-7-5;2*1-5(2,3)4/h1-4H;2*1H3,(H,2,3,4). The smallest absolute Gasteiger partial charge is 0.286 e. The first-order valence-corrected chi connectivity index (χ1v) is 7.71. The highest BCUT2D eigenvalue weighted by Crippen LogP contribution is 1.65. The van der Waals surface area contributed by atoms with Crippen molar-refractivity contribution >= 4 is 20.2 Å². The minimum atomic E-state index is -3.67. The van der Waals surface area contributed by atoms with E-state index in [0.29, 0.717) is 12.5 Å². The minimum absolute atomic E-state index is 0.449. The summed E-state index contributed by atoms with van der Waals surface area (Å²) in [6.45, 7) is 0. The van der Waals surface area contributed by atoms with Crippen molar-refractivity contribution in [1.29, 1.82) is 0 Å². The van der Waals surface area contributed by atoms with Crippen molar-refractivity contribution in [3.8, 4) is 0 Å². The molecule has 11 heteroatoms. The first-order valence-electron chi connectivity index (χ1n) is 4.02. The van der Waals surface area contributed by atoms with Gasteiger partial charge in [0.15, 0.2) is 0 Å². The van der Waals surface area contributed by atoms with Gasteiger partial charge in [-0.1, -0.05) is 0 Å². The van der Waals surface area contributed by atoms with Gasteiger partial charge in [-0.15, -0.1) is 0 Å². The lowest BCUT2D eigenvalue weighted by Gasteiger charge is -1.69. The normalized spacial score (nSPS) is 10.2. The van der Waals surface area contributed by atoms with Gasteiger partial charge in [0.2, 0.25) is 0 Å². The van der Waals surface area contributed by atoms with Crippen molar-refractivity contribution in [3.05, 3.63) is 35.0 Å². The van der Waals surface area contributed by atoms with Crippen molar-refractivity contribution in [3.63, 3.8) is 0 Å². The van der Waals surface area contributed by atoms with Crippen molar-refractivity contribution in [2.24, 2.45) is 0 Å². The molecular weight excluding hydrogens is 288 g/mol.